The minimum absolute atomic E-state index is 0. The van der Waals surface area contributed by atoms with Crippen LogP contribution in [0.15, 0.2) is 24.3 Å². The maximum absolute atomic E-state index is 13.5. The third kappa shape index (κ3) is 5.02. The maximum atomic E-state index is 13.5. The van der Waals surface area contributed by atoms with Crippen molar-refractivity contribution in [2.24, 2.45) is 5.73 Å². The number of nitrogens with one attached hydrogen (secondary N) is 2. The number of benzene rings is 2. The second-order valence-corrected chi connectivity index (χ2v) is 10.1. The van der Waals surface area contributed by atoms with Crippen molar-refractivity contribution >= 4 is 51.6 Å². The van der Waals surface area contributed by atoms with Crippen LogP contribution in [0.3, 0.4) is 0 Å². The van der Waals surface area contributed by atoms with Gasteiger partial charge in [-0.3, -0.25) is 15.0 Å². The van der Waals surface area contributed by atoms with Gasteiger partial charge in [-0.15, -0.1) is 17.0 Å². The van der Waals surface area contributed by atoms with E-state index in [0.717, 1.165) is 11.1 Å². The lowest BCUT2D eigenvalue weighted by molar-refractivity contribution is 0.0953. The number of halogens is 1. The van der Waals surface area contributed by atoms with Crippen molar-refractivity contribution in [2.45, 2.75) is 46.6 Å². The molecule has 4 rings (SSSR count). The number of amides is 2. The van der Waals surface area contributed by atoms with Crippen molar-refractivity contribution in [2.75, 3.05) is 20.2 Å². The fourth-order valence-corrected chi connectivity index (χ4v) is 4.72. The number of Topliss-reactive ketones (excluding diaryl/α,β-unsaturated/α-hetero) is 1. The molecule has 0 aliphatic carbocycles. The third-order valence-electron chi connectivity index (χ3n) is 6.52. The standard InChI is InChI=1S/C27H32N6O4.BrH/c1-7-37-22-10-16-12-32(24(28)17(16)11-18(22)25(35)30-6)13-21(34)15-8-19(27(3,4)5)23-20(9-15)33(26(29)36)14(2)31-23;/h8-11,28H,7,12-13H2,1-6H3,(H2,29,36)(H,30,35);1H. The number of aromatic nitrogens is 2. The highest BCUT2D eigenvalue weighted by Gasteiger charge is 2.30. The number of nitrogens with zero attached hydrogens (tertiary/aromatic N) is 3. The summed E-state index contributed by atoms with van der Waals surface area (Å²) in [6.45, 7) is 10.3. The Morgan fingerprint density at radius 3 is 2.45 bits per heavy atom. The van der Waals surface area contributed by atoms with Gasteiger partial charge in [0.15, 0.2) is 5.78 Å². The molecule has 0 bridgehead atoms. The first kappa shape index (κ1) is 28.8. The zero-order valence-electron chi connectivity index (χ0n) is 22.4. The molecule has 1 aliphatic rings. The molecule has 38 heavy (non-hydrogen) atoms. The molecule has 2 amide bonds. The highest BCUT2D eigenvalue weighted by molar-refractivity contribution is 8.93. The Morgan fingerprint density at radius 2 is 1.87 bits per heavy atom. The molecule has 10 nitrogen and oxygen atoms in total. The predicted molar refractivity (Wildman–Crippen MR) is 151 cm³/mol. The van der Waals surface area contributed by atoms with Crippen LogP contribution in [0.25, 0.3) is 11.0 Å². The highest BCUT2D eigenvalue weighted by Crippen LogP contribution is 2.33. The molecule has 0 radical (unpaired) electrons. The molecule has 2 heterocycles. The van der Waals surface area contributed by atoms with E-state index in [1.165, 1.54) is 11.6 Å². The van der Waals surface area contributed by atoms with E-state index in [1.807, 2.05) is 33.8 Å². The zero-order valence-corrected chi connectivity index (χ0v) is 24.1. The van der Waals surface area contributed by atoms with Crippen LogP contribution < -0.4 is 15.8 Å². The van der Waals surface area contributed by atoms with E-state index in [-0.39, 0.29) is 46.5 Å². The number of nitrogens with two attached hydrogens (primary N) is 1. The molecular weight excluding hydrogens is 552 g/mol. The Balaban J connectivity index is 0.00000400. The van der Waals surface area contributed by atoms with Crippen LogP contribution in [-0.2, 0) is 12.0 Å². The van der Waals surface area contributed by atoms with Crippen molar-refractivity contribution in [1.29, 1.82) is 5.41 Å². The van der Waals surface area contributed by atoms with E-state index >= 15 is 0 Å². The van der Waals surface area contributed by atoms with Crippen LogP contribution in [0.1, 0.15) is 70.9 Å². The topological polar surface area (TPSA) is 143 Å². The fraction of sp³-hybridized carbons (Fsp3) is 0.370. The van der Waals surface area contributed by atoms with Crippen molar-refractivity contribution < 1.29 is 19.1 Å². The van der Waals surface area contributed by atoms with Gasteiger partial charge in [-0.05, 0) is 54.7 Å². The molecule has 3 aromatic rings. The molecule has 0 fully saturated rings. The number of ether oxygens (including phenoxy) is 1. The van der Waals surface area contributed by atoms with Crippen molar-refractivity contribution in [3.8, 4) is 5.75 Å². The van der Waals surface area contributed by atoms with Crippen LogP contribution in [0, 0.1) is 12.3 Å². The van der Waals surface area contributed by atoms with E-state index in [2.05, 4.69) is 10.3 Å². The van der Waals surface area contributed by atoms with Gasteiger partial charge in [0.1, 0.15) is 17.4 Å². The van der Waals surface area contributed by atoms with Gasteiger partial charge in [-0.25, -0.2) is 14.3 Å². The second-order valence-electron chi connectivity index (χ2n) is 10.1. The average Bonchev–Trinajstić information content (AvgIpc) is 3.32. The quantitative estimate of drug-likeness (QED) is 0.374. The number of hydrogen-bond donors (Lipinski definition) is 3. The Hall–Kier alpha value is -3.73. The molecule has 0 atom stereocenters. The van der Waals surface area contributed by atoms with E-state index in [1.54, 1.807) is 30.0 Å². The second kappa shape index (κ2) is 10.6. The molecular formula is C27H33BrN6O4. The Kier molecular flexibility index (Phi) is 8.02. The monoisotopic (exact) mass is 584 g/mol. The lowest BCUT2D eigenvalue weighted by atomic mass is 9.84. The van der Waals surface area contributed by atoms with E-state index in [4.69, 9.17) is 15.9 Å². The predicted octanol–water partition coefficient (Wildman–Crippen LogP) is 3.93. The van der Waals surface area contributed by atoms with E-state index in [0.29, 0.717) is 52.4 Å². The molecule has 1 aliphatic heterocycles. The lowest BCUT2D eigenvalue weighted by Crippen LogP contribution is -2.30. The lowest BCUT2D eigenvalue weighted by Gasteiger charge is -2.22. The minimum Gasteiger partial charge on any atom is -0.493 e. The maximum Gasteiger partial charge on any atom is 0.324 e. The van der Waals surface area contributed by atoms with Crippen molar-refractivity contribution in [3.63, 3.8) is 0 Å². The summed E-state index contributed by atoms with van der Waals surface area (Å²) in [6.07, 6.45) is 0. The summed E-state index contributed by atoms with van der Waals surface area (Å²) in [4.78, 5) is 44.3. The number of ketones is 1. The summed E-state index contributed by atoms with van der Waals surface area (Å²) in [5, 5.41) is 11.3. The Labute approximate surface area is 231 Å². The molecule has 11 heteroatoms. The van der Waals surface area contributed by atoms with Gasteiger partial charge < -0.3 is 20.7 Å². The third-order valence-corrected chi connectivity index (χ3v) is 6.52. The molecule has 0 spiro atoms. The molecule has 0 saturated heterocycles. The molecule has 2 aromatic carbocycles. The van der Waals surface area contributed by atoms with Crippen LogP contribution >= 0.6 is 17.0 Å². The summed E-state index contributed by atoms with van der Waals surface area (Å²) in [7, 11) is 1.54. The van der Waals surface area contributed by atoms with Gasteiger partial charge in [-0.2, -0.15) is 0 Å². The summed E-state index contributed by atoms with van der Waals surface area (Å²) in [5.74, 6) is 0.532. The van der Waals surface area contributed by atoms with E-state index < -0.39 is 6.03 Å². The van der Waals surface area contributed by atoms with Crippen molar-refractivity contribution in [3.05, 3.63) is 57.9 Å². The van der Waals surface area contributed by atoms with E-state index in [9.17, 15) is 14.4 Å². The number of fused-ring (bicyclic) bond motifs is 2. The number of carbonyl (C=O) groups excluding carboxylic acids is 3. The minimum atomic E-state index is -0.668. The van der Waals surface area contributed by atoms with Gasteiger partial charge in [0.2, 0.25) is 0 Å². The molecule has 0 saturated carbocycles. The number of carbonyl (C=O) groups is 3. The zero-order chi connectivity index (χ0) is 27.2. The van der Waals surface area contributed by atoms with Gasteiger partial charge in [0, 0.05) is 24.7 Å². The average molecular weight is 586 g/mol. The SMILES string of the molecule is Br.CCOc1cc2c(cc1C(=O)NC)C(=N)N(CC(=O)c1cc(C(C)(C)C)c3nc(C)n(C(N)=O)c3c1)C2. The number of aryl methyl sites for hydroxylation is 1. The first-order chi connectivity index (χ1) is 17.4. The number of rotatable bonds is 6. The molecule has 0 unspecified atom stereocenters. The van der Waals surface area contributed by atoms with Crippen LogP contribution in [0.5, 0.6) is 5.75 Å². The Bertz CT molecular complexity index is 1470. The van der Waals surface area contributed by atoms with Crippen molar-refractivity contribution in [1.82, 2.24) is 19.8 Å². The van der Waals surface area contributed by atoms with Gasteiger partial charge in [0.25, 0.3) is 5.91 Å². The largest absolute Gasteiger partial charge is 0.493 e. The number of amidine groups is 1. The normalized spacial score (nSPS) is 12.8. The number of primary amides is 1. The summed E-state index contributed by atoms with van der Waals surface area (Å²) >= 11 is 0. The fourth-order valence-electron chi connectivity index (χ4n) is 4.72. The highest BCUT2D eigenvalue weighted by atomic mass is 79.9. The molecule has 202 valence electrons. The summed E-state index contributed by atoms with van der Waals surface area (Å²) in [6, 6.07) is 6.19. The number of hydrogen-bond acceptors (Lipinski definition) is 6. The van der Waals surface area contributed by atoms with Gasteiger partial charge >= 0.3 is 6.03 Å². The smallest absolute Gasteiger partial charge is 0.324 e. The van der Waals surface area contributed by atoms with Gasteiger partial charge in [-0.1, -0.05) is 20.8 Å². The summed E-state index contributed by atoms with van der Waals surface area (Å²) < 4.78 is 6.97. The molecule has 4 N–H and O–H groups in total. The Morgan fingerprint density at radius 1 is 1.18 bits per heavy atom. The van der Waals surface area contributed by atoms with Gasteiger partial charge in [0.05, 0.1) is 29.7 Å². The summed E-state index contributed by atoms with van der Waals surface area (Å²) in [5.41, 5.74) is 9.35. The van der Waals surface area contributed by atoms with Crippen LogP contribution in [0.2, 0.25) is 0 Å². The number of imidazole rings is 1. The first-order valence-electron chi connectivity index (χ1n) is 12.1. The van der Waals surface area contributed by atoms with Crippen LogP contribution in [0.4, 0.5) is 4.79 Å². The molecule has 1 aromatic heterocycles. The first-order valence-corrected chi connectivity index (χ1v) is 12.1. The van der Waals surface area contributed by atoms with Crippen LogP contribution in [-0.4, -0.2) is 58.2 Å².